The van der Waals surface area contributed by atoms with Crippen molar-refractivity contribution in [2.24, 2.45) is 5.92 Å². The molecule has 7 rings (SSSR count). The van der Waals surface area contributed by atoms with Gasteiger partial charge in [-0.2, -0.15) is 4.73 Å². The Labute approximate surface area is 319 Å². The van der Waals surface area contributed by atoms with Gasteiger partial charge in [0.15, 0.2) is 12.5 Å². The fourth-order valence-electron chi connectivity index (χ4n) is 6.36. The molecule has 274 valence electrons. The van der Waals surface area contributed by atoms with Crippen molar-refractivity contribution in [3.8, 4) is 22.6 Å². The van der Waals surface area contributed by atoms with E-state index in [9.17, 15) is 15.1 Å². The summed E-state index contributed by atoms with van der Waals surface area (Å²) in [7, 11) is 0. The van der Waals surface area contributed by atoms with Crippen molar-refractivity contribution in [1.82, 2.24) is 5.32 Å². The highest BCUT2D eigenvalue weighted by Crippen LogP contribution is 2.43. The van der Waals surface area contributed by atoms with Gasteiger partial charge >= 0.3 is 6.03 Å². The third kappa shape index (κ3) is 9.10. The Balaban J connectivity index is 1.02. The van der Waals surface area contributed by atoms with Gasteiger partial charge in [-0.25, -0.2) is 4.79 Å². The van der Waals surface area contributed by atoms with E-state index < -0.39 is 6.29 Å². The van der Waals surface area contributed by atoms with Gasteiger partial charge in [-0.3, -0.25) is 0 Å². The predicted molar refractivity (Wildman–Crippen MR) is 210 cm³/mol. The van der Waals surface area contributed by atoms with Crippen LogP contribution in [0.3, 0.4) is 0 Å². The Morgan fingerprint density at radius 1 is 0.796 bits per heavy atom. The van der Waals surface area contributed by atoms with Crippen LogP contribution in [0.2, 0.25) is 0 Å². The van der Waals surface area contributed by atoms with E-state index in [0.29, 0.717) is 28.8 Å². The number of nitrogens with one attached hydrogen (secondary N) is 2. The SMILES string of the molecule is C[C@@H]1[C@H](CSc2cccc[n+]2[O-])O[C@H](c2ccc(-c3ccccc3CNC(=O)Nc3ccc(Oc4ccccc4)cc3)cc2)O[C@@H]1c1ccc(CO)cc1. The summed E-state index contributed by atoms with van der Waals surface area (Å²) >= 11 is 1.46. The first-order valence-corrected chi connectivity index (χ1v) is 18.8. The number of carbonyl (C=O) groups is 1. The zero-order valence-electron chi connectivity index (χ0n) is 29.7. The summed E-state index contributed by atoms with van der Waals surface area (Å²) in [4.78, 5) is 12.9. The van der Waals surface area contributed by atoms with Crippen LogP contribution in [0, 0.1) is 11.1 Å². The van der Waals surface area contributed by atoms with Crippen LogP contribution >= 0.6 is 11.8 Å². The Morgan fingerprint density at radius 3 is 2.22 bits per heavy atom. The topological polar surface area (TPSA) is 116 Å². The Kier molecular flexibility index (Phi) is 11.9. The molecule has 0 radical (unpaired) electrons. The number of aliphatic hydroxyl groups excluding tert-OH is 1. The van der Waals surface area contributed by atoms with E-state index in [0.717, 1.165) is 43.9 Å². The molecule has 1 aliphatic heterocycles. The van der Waals surface area contributed by atoms with Crippen molar-refractivity contribution in [2.45, 2.75) is 43.6 Å². The number of aromatic nitrogens is 1. The maximum Gasteiger partial charge on any atom is 0.319 e. The van der Waals surface area contributed by atoms with E-state index in [-0.39, 0.29) is 30.8 Å². The fourth-order valence-corrected chi connectivity index (χ4v) is 7.44. The number of hydrogen-bond donors (Lipinski definition) is 3. The highest BCUT2D eigenvalue weighted by Gasteiger charge is 2.38. The Bertz CT molecular complexity index is 2130. The van der Waals surface area contributed by atoms with E-state index in [2.05, 4.69) is 17.6 Å². The smallest absolute Gasteiger partial charge is 0.319 e. The number of anilines is 1. The van der Waals surface area contributed by atoms with Crippen LogP contribution in [0.1, 0.15) is 41.6 Å². The minimum Gasteiger partial charge on any atom is -0.618 e. The summed E-state index contributed by atoms with van der Waals surface area (Å²) in [5, 5.41) is 28.4. The Morgan fingerprint density at radius 2 is 1.48 bits per heavy atom. The second kappa shape index (κ2) is 17.5. The molecule has 2 amide bonds. The van der Waals surface area contributed by atoms with Gasteiger partial charge in [0.05, 0.1) is 18.8 Å². The minimum absolute atomic E-state index is 0.0126. The lowest BCUT2D eigenvalue weighted by Crippen LogP contribution is -2.39. The van der Waals surface area contributed by atoms with Crippen LogP contribution in [0.4, 0.5) is 10.5 Å². The average Bonchev–Trinajstić information content (AvgIpc) is 3.21. The maximum absolute atomic E-state index is 12.9. The number of ether oxygens (including phenoxy) is 3. The highest BCUT2D eigenvalue weighted by atomic mass is 32.2. The number of urea groups is 1. The van der Waals surface area contributed by atoms with Gasteiger partial charge in [-0.15, -0.1) is 0 Å². The number of hydrogen-bond acceptors (Lipinski definition) is 7. The van der Waals surface area contributed by atoms with Crippen LogP contribution in [-0.4, -0.2) is 23.0 Å². The number of nitrogens with zero attached hydrogens (tertiary/aromatic N) is 1. The van der Waals surface area contributed by atoms with Crippen molar-refractivity contribution in [3.63, 3.8) is 0 Å². The number of amides is 2. The molecule has 0 unspecified atom stereocenters. The third-order valence-corrected chi connectivity index (χ3v) is 10.5. The molecule has 10 heteroatoms. The number of pyridine rings is 1. The second-order valence-electron chi connectivity index (χ2n) is 13.0. The van der Waals surface area contributed by atoms with Gasteiger partial charge in [0.1, 0.15) is 11.5 Å². The Hall–Kier alpha value is -5.65. The standard InChI is InChI=1S/C44H41N3O6S/c1-30-40(29-54-41-13-7-8-26-47(41)50)52-43(53-42(30)33-16-14-31(28-48)15-17-33)34-20-18-32(19-21-34)39-12-6-5-9-35(39)27-45-44(49)46-36-22-24-38(25-23-36)51-37-10-3-2-4-11-37/h2-26,30,40,42-43,48H,27-29H2,1H3,(H2,45,46,49)/t30-,40+,42+,43+/m1/s1. The van der Waals surface area contributed by atoms with Crippen molar-refractivity contribution in [3.05, 3.63) is 179 Å². The van der Waals surface area contributed by atoms with Gasteiger partial charge in [0.25, 0.3) is 5.03 Å². The molecule has 0 aliphatic carbocycles. The normalized spacial score (nSPS) is 18.1. The minimum atomic E-state index is -0.641. The largest absolute Gasteiger partial charge is 0.618 e. The van der Waals surface area contributed by atoms with Gasteiger partial charge in [0.2, 0.25) is 0 Å². The molecule has 0 saturated carbocycles. The number of rotatable bonds is 12. The van der Waals surface area contributed by atoms with E-state index in [1.54, 1.807) is 18.2 Å². The van der Waals surface area contributed by atoms with Gasteiger partial charge in [-0.05, 0) is 70.3 Å². The van der Waals surface area contributed by atoms with Gasteiger partial charge in [0, 0.05) is 41.6 Å². The molecular weight excluding hydrogens is 699 g/mol. The van der Waals surface area contributed by atoms with Crippen LogP contribution in [0.15, 0.2) is 157 Å². The molecule has 4 atom stereocenters. The lowest BCUT2D eigenvalue weighted by molar-refractivity contribution is -0.645. The lowest BCUT2D eigenvalue weighted by atomic mass is 9.91. The molecule has 1 fully saturated rings. The molecule has 1 aliphatic rings. The van der Waals surface area contributed by atoms with Gasteiger partial charge in [-0.1, -0.05) is 110 Å². The number of carbonyl (C=O) groups excluding carboxylic acids is 1. The second-order valence-corrected chi connectivity index (χ2v) is 14.1. The zero-order valence-corrected chi connectivity index (χ0v) is 30.5. The summed E-state index contributed by atoms with van der Waals surface area (Å²) in [6.45, 7) is 2.40. The van der Waals surface area contributed by atoms with E-state index in [4.69, 9.17) is 14.2 Å². The van der Waals surface area contributed by atoms with E-state index in [1.165, 1.54) is 18.0 Å². The summed E-state index contributed by atoms with van der Waals surface area (Å²) in [5.74, 6) is 1.98. The summed E-state index contributed by atoms with van der Waals surface area (Å²) in [6.07, 6.45) is 0.377. The lowest BCUT2D eigenvalue weighted by Gasteiger charge is -2.41. The molecular formula is C44H41N3O6S. The van der Waals surface area contributed by atoms with Crippen LogP contribution in [0.25, 0.3) is 11.1 Å². The van der Waals surface area contributed by atoms with Crippen molar-refractivity contribution >= 4 is 23.5 Å². The molecule has 6 aromatic rings. The van der Waals surface area contributed by atoms with Crippen LogP contribution in [0.5, 0.6) is 11.5 Å². The first-order chi connectivity index (χ1) is 26.4. The number of para-hydroxylation sites is 1. The summed E-state index contributed by atoms with van der Waals surface area (Å²) < 4.78 is 20.0. The molecule has 0 spiro atoms. The number of aliphatic hydroxyl groups is 1. The number of thioether (sulfide) groups is 1. The first kappa shape index (κ1) is 36.7. The monoisotopic (exact) mass is 739 g/mol. The van der Waals surface area contributed by atoms with E-state index in [1.807, 2.05) is 127 Å². The molecule has 0 bridgehead atoms. The van der Waals surface area contributed by atoms with Crippen molar-refractivity contribution < 1.29 is 28.8 Å². The van der Waals surface area contributed by atoms with Crippen LogP contribution in [-0.2, 0) is 22.6 Å². The first-order valence-electron chi connectivity index (χ1n) is 17.8. The third-order valence-electron chi connectivity index (χ3n) is 9.35. The van der Waals surface area contributed by atoms with Crippen molar-refractivity contribution in [1.29, 1.82) is 0 Å². The highest BCUT2D eigenvalue weighted by molar-refractivity contribution is 7.99. The quantitative estimate of drug-likeness (QED) is 0.0651. The average molecular weight is 740 g/mol. The fraction of sp³-hybridized carbons (Fsp3) is 0.182. The molecule has 3 N–H and O–H groups in total. The molecule has 9 nitrogen and oxygen atoms in total. The molecule has 2 heterocycles. The van der Waals surface area contributed by atoms with Gasteiger partial charge < -0.3 is 35.2 Å². The van der Waals surface area contributed by atoms with Crippen molar-refractivity contribution in [2.75, 3.05) is 11.1 Å². The van der Waals surface area contributed by atoms with Crippen LogP contribution < -0.4 is 20.1 Å². The molecule has 1 aromatic heterocycles. The number of benzene rings is 5. The predicted octanol–water partition coefficient (Wildman–Crippen LogP) is 9.18. The summed E-state index contributed by atoms with van der Waals surface area (Å²) in [6, 6.07) is 45.7. The van der Waals surface area contributed by atoms with E-state index >= 15 is 0 Å². The summed E-state index contributed by atoms with van der Waals surface area (Å²) in [5.41, 5.74) is 6.29. The molecule has 5 aromatic carbocycles. The zero-order chi connectivity index (χ0) is 37.3. The molecule has 54 heavy (non-hydrogen) atoms. The maximum atomic E-state index is 12.9. The molecule has 1 saturated heterocycles.